The topological polar surface area (TPSA) is 75.6 Å². The van der Waals surface area contributed by atoms with E-state index in [4.69, 9.17) is 12.2 Å². The van der Waals surface area contributed by atoms with E-state index in [9.17, 15) is 4.79 Å². The van der Waals surface area contributed by atoms with Gasteiger partial charge in [0.2, 0.25) is 5.91 Å². The third-order valence-corrected chi connectivity index (χ3v) is 3.48. The maximum Gasteiger partial charge on any atom is 0.243 e. The first kappa shape index (κ1) is 12.0. The number of H-pyrrole nitrogens is 1. The van der Waals surface area contributed by atoms with Gasteiger partial charge in [-0.25, -0.2) is 0 Å². The lowest BCUT2D eigenvalue weighted by atomic mass is 10.1. The summed E-state index contributed by atoms with van der Waals surface area (Å²) in [4.78, 5) is 16.1. The van der Waals surface area contributed by atoms with Crippen molar-refractivity contribution in [2.45, 2.75) is 18.9 Å². The van der Waals surface area contributed by atoms with E-state index >= 15 is 0 Å². The molecule has 7 heteroatoms. The van der Waals surface area contributed by atoms with Crippen LogP contribution in [0.1, 0.15) is 18.9 Å². The molecule has 1 atom stereocenters. The van der Waals surface area contributed by atoms with E-state index in [1.807, 2.05) is 12.1 Å². The minimum atomic E-state index is -0.296. The number of aromatic amines is 1. The molecule has 0 bridgehead atoms. The molecule has 3 rings (SSSR count). The van der Waals surface area contributed by atoms with Crippen LogP contribution >= 0.6 is 12.2 Å². The summed E-state index contributed by atoms with van der Waals surface area (Å²) in [6.45, 7) is 0.725. The monoisotopic (exact) mass is 275 g/mol. The molecule has 0 radical (unpaired) electrons. The van der Waals surface area contributed by atoms with Gasteiger partial charge in [0.1, 0.15) is 6.04 Å². The van der Waals surface area contributed by atoms with Gasteiger partial charge in [-0.3, -0.25) is 19.4 Å². The molecule has 1 fully saturated rings. The third-order valence-electron chi connectivity index (χ3n) is 3.19. The second-order valence-corrected chi connectivity index (χ2v) is 4.80. The van der Waals surface area contributed by atoms with Gasteiger partial charge in [-0.1, -0.05) is 0 Å². The molecule has 0 spiro atoms. The molecule has 2 N–H and O–H groups in total. The first-order valence-corrected chi connectivity index (χ1v) is 6.53. The predicted octanol–water partition coefficient (Wildman–Crippen LogP) is 1.45. The van der Waals surface area contributed by atoms with Crippen molar-refractivity contribution in [3.8, 4) is 11.4 Å². The molecule has 0 saturated carbocycles. The number of piperidine rings is 1. The van der Waals surface area contributed by atoms with Gasteiger partial charge in [0, 0.05) is 24.5 Å². The zero-order chi connectivity index (χ0) is 13.2. The molecule has 2 aromatic rings. The normalized spacial score (nSPS) is 19.2. The summed E-state index contributed by atoms with van der Waals surface area (Å²) in [6.07, 6.45) is 5.12. The summed E-state index contributed by atoms with van der Waals surface area (Å²) in [5, 5.41) is 9.85. The number of rotatable bonds is 2. The number of amides is 1. The molecule has 1 aliphatic heterocycles. The number of aromatic nitrogens is 4. The zero-order valence-corrected chi connectivity index (χ0v) is 11.0. The van der Waals surface area contributed by atoms with Gasteiger partial charge >= 0.3 is 0 Å². The highest BCUT2D eigenvalue weighted by Gasteiger charge is 2.27. The number of carbonyl (C=O) groups excluding carboxylic acids is 1. The molecule has 0 aliphatic carbocycles. The van der Waals surface area contributed by atoms with Gasteiger partial charge in [0.25, 0.3) is 0 Å². The van der Waals surface area contributed by atoms with Crippen molar-refractivity contribution in [3.05, 3.63) is 29.3 Å². The molecule has 0 aromatic carbocycles. The van der Waals surface area contributed by atoms with E-state index < -0.39 is 0 Å². The van der Waals surface area contributed by atoms with Crippen LogP contribution in [0.4, 0.5) is 0 Å². The fourth-order valence-corrected chi connectivity index (χ4v) is 2.55. The smallest absolute Gasteiger partial charge is 0.243 e. The average Bonchev–Trinajstić information content (AvgIpc) is 2.82. The molecule has 19 heavy (non-hydrogen) atoms. The number of pyridine rings is 1. The molecule has 98 valence electrons. The SMILES string of the molecule is O=C1NCCCC1n1c(-c2cccnc2)n[nH]c1=S. The van der Waals surface area contributed by atoms with Gasteiger partial charge in [-0.15, -0.1) is 0 Å². The van der Waals surface area contributed by atoms with Crippen molar-refractivity contribution >= 4 is 18.1 Å². The molecule has 1 amide bonds. The zero-order valence-electron chi connectivity index (χ0n) is 10.2. The third kappa shape index (κ3) is 2.17. The lowest BCUT2D eigenvalue weighted by Gasteiger charge is -2.23. The van der Waals surface area contributed by atoms with Crippen LogP contribution in [0.25, 0.3) is 11.4 Å². The summed E-state index contributed by atoms with van der Waals surface area (Å²) in [7, 11) is 0. The van der Waals surface area contributed by atoms with Gasteiger partial charge < -0.3 is 5.32 Å². The molecule has 1 unspecified atom stereocenters. The minimum Gasteiger partial charge on any atom is -0.354 e. The van der Waals surface area contributed by atoms with Crippen LogP contribution in [-0.4, -0.2) is 32.2 Å². The van der Waals surface area contributed by atoms with Gasteiger partial charge in [-0.05, 0) is 37.2 Å². The van der Waals surface area contributed by atoms with Crippen LogP contribution in [0.5, 0.6) is 0 Å². The summed E-state index contributed by atoms with van der Waals surface area (Å²) >= 11 is 5.25. The maximum atomic E-state index is 12.0. The number of hydrogen-bond donors (Lipinski definition) is 2. The summed E-state index contributed by atoms with van der Waals surface area (Å²) in [5.74, 6) is 0.647. The summed E-state index contributed by atoms with van der Waals surface area (Å²) in [5.41, 5.74) is 0.841. The van der Waals surface area contributed by atoms with Crippen LogP contribution in [0, 0.1) is 4.77 Å². The van der Waals surface area contributed by atoms with E-state index in [0.717, 1.165) is 24.9 Å². The van der Waals surface area contributed by atoms with Crippen molar-refractivity contribution in [1.82, 2.24) is 25.1 Å². The highest BCUT2D eigenvalue weighted by molar-refractivity contribution is 7.71. The molecule has 2 aromatic heterocycles. The molecule has 1 saturated heterocycles. The second kappa shape index (κ2) is 4.93. The van der Waals surface area contributed by atoms with Crippen molar-refractivity contribution in [2.75, 3.05) is 6.54 Å². The Labute approximate surface area is 114 Å². The van der Waals surface area contributed by atoms with Crippen LogP contribution in [-0.2, 0) is 4.79 Å². The van der Waals surface area contributed by atoms with Crippen LogP contribution < -0.4 is 5.32 Å². The lowest BCUT2D eigenvalue weighted by Crippen LogP contribution is -2.38. The Bertz CT molecular complexity index is 648. The van der Waals surface area contributed by atoms with Gasteiger partial charge in [0.05, 0.1) is 0 Å². The van der Waals surface area contributed by atoms with Crippen LogP contribution in [0.15, 0.2) is 24.5 Å². The number of carbonyl (C=O) groups is 1. The summed E-state index contributed by atoms with van der Waals surface area (Å²) < 4.78 is 2.24. The minimum absolute atomic E-state index is 0.00566. The Kier molecular flexibility index (Phi) is 3.12. The lowest BCUT2D eigenvalue weighted by molar-refractivity contribution is -0.125. The van der Waals surface area contributed by atoms with Crippen molar-refractivity contribution < 1.29 is 4.79 Å². The molecule has 6 nitrogen and oxygen atoms in total. The Morgan fingerprint density at radius 1 is 1.47 bits per heavy atom. The second-order valence-electron chi connectivity index (χ2n) is 4.41. The number of nitrogens with zero attached hydrogens (tertiary/aromatic N) is 3. The van der Waals surface area contributed by atoms with Gasteiger partial charge in [0.15, 0.2) is 10.6 Å². The van der Waals surface area contributed by atoms with Gasteiger partial charge in [-0.2, -0.15) is 5.10 Å². The number of nitrogens with one attached hydrogen (secondary N) is 2. The molecular weight excluding hydrogens is 262 g/mol. The predicted molar refractivity (Wildman–Crippen MR) is 71.9 cm³/mol. The van der Waals surface area contributed by atoms with E-state index in [0.29, 0.717) is 10.6 Å². The largest absolute Gasteiger partial charge is 0.354 e. The fourth-order valence-electron chi connectivity index (χ4n) is 2.29. The van der Waals surface area contributed by atoms with Crippen molar-refractivity contribution in [2.24, 2.45) is 0 Å². The molecule has 3 heterocycles. The molecule has 1 aliphatic rings. The average molecular weight is 275 g/mol. The first-order valence-electron chi connectivity index (χ1n) is 6.12. The Balaban J connectivity index is 2.09. The summed E-state index contributed by atoms with van der Waals surface area (Å²) in [6, 6.07) is 3.43. The maximum absolute atomic E-state index is 12.0. The van der Waals surface area contributed by atoms with Crippen LogP contribution in [0.3, 0.4) is 0 Å². The van der Waals surface area contributed by atoms with E-state index in [-0.39, 0.29) is 11.9 Å². The fraction of sp³-hybridized carbons (Fsp3) is 0.333. The van der Waals surface area contributed by atoms with E-state index in [2.05, 4.69) is 20.5 Å². The quantitative estimate of drug-likeness (QED) is 0.813. The molecular formula is C12H13N5OS. The van der Waals surface area contributed by atoms with E-state index in [1.165, 1.54) is 0 Å². The van der Waals surface area contributed by atoms with E-state index in [1.54, 1.807) is 17.0 Å². The number of hydrogen-bond acceptors (Lipinski definition) is 4. The first-order chi connectivity index (χ1) is 9.27. The Hall–Kier alpha value is -2.02. The van der Waals surface area contributed by atoms with Crippen LogP contribution in [0.2, 0.25) is 0 Å². The Morgan fingerprint density at radius 3 is 3.11 bits per heavy atom. The standard InChI is InChI=1S/C12H13N5OS/c18-11-9(4-2-6-14-11)17-10(15-16-12(17)19)8-3-1-5-13-7-8/h1,3,5,7,9H,2,4,6H2,(H,14,18)(H,16,19). The van der Waals surface area contributed by atoms with Crippen molar-refractivity contribution in [1.29, 1.82) is 0 Å². The van der Waals surface area contributed by atoms with Crippen molar-refractivity contribution in [3.63, 3.8) is 0 Å². The highest BCUT2D eigenvalue weighted by atomic mass is 32.1. The Morgan fingerprint density at radius 2 is 2.37 bits per heavy atom. The highest BCUT2D eigenvalue weighted by Crippen LogP contribution is 2.25.